The van der Waals surface area contributed by atoms with Gasteiger partial charge in [-0.05, 0) is 59.9 Å². The Balaban J connectivity index is 1.14. The minimum absolute atomic E-state index is 0.222. The second-order valence-corrected chi connectivity index (χ2v) is 16.9. The van der Waals surface area contributed by atoms with Gasteiger partial charge in [-0.3, -0.25) is 4.99 Å². The van der Waals surface area contributed by atoms with Gasteiger partial charge in [-0.15, -0.1) is 5.11 Å². The zero-order valence-electron chi connectivity index (χ0n) is 32.9. The molecular weight excluding hydrogens is 723 g/mol. The number of allylic oxidation sites excluding steroid dienone is 8. The molecule has 0 saturated carbocycles. The molecule has 0 N–H and O–H groups in total. The number of rotatable bonds is 7. The second kappa shape index (κ2) is 14.7. The zero-order valence-corrected chi connectivity index (χ0v) is 33.9. The fraction of sp³-hybridized carbons (Fsp3) is 0.135. The van der Waals surface area contributed by atoms with E-state index >= 15 is 0 Å². The molecule has 6 heteroatoms. The van der Waals surface area contributed by atoms with Crippen molar-refractivity contribution in [3.8, 4) is 5.69 Å². The van der Waals surface area contributed by atoms with Gasteiger partial charge in [0.2, 0.25) is 0 Å². The molecule has 8 aromatic rings. The van der Waals surface area contributed by atoms with Crippen molar-refractivity contribution in [1.82, 2.24) is 9.13 Å². The van der Waals surface area contributed by atoms with Crippen molar-refractivity contribution in [2.24, 2.45) is 32.5 Å². The Hall–Kier alpha value is -6.63. The first kappa shape index (κ1) is 35.8. The van der Waals surface area contributed by atoms with E-state index in [1.54, 1.807) is 7.05 Å². The first-order chi connectivity index (χ1) is 28.5. The first-order valence-corrected chi connectivity index (χ1v) is 21.1. The van der Waals surface area contributed by atoms with E-state index in [0.29, 0.717) is 27.8 Å². The van der Waals surface area contributed by atoms with Gasteiger partial charge in [0.15, 0.2) is 5.84 Å². The van der Waals surface area contributed by atoms with Crippen LogP contribution in [0.25, 0.3) is 55.0 Å². The number of azo groups is 1. The number of para-hydroxylation sites is 2. The predicted octanol–water partition coefficient (Wildman–Crippen LogP) is 12.1. The summed E-state index contributed by atoms with van der Waals surface area (Å²) in [7, 11) is 2.32. The van der Waals surface area contributed by atoms with Crippen molar-refractivity contribution < 1.29 is 0 Å². The summed E-state index contributed by atoms with van der Waals surface area (Å²) >= 11 is 0. The maximum atomic E-state index is 4.93. The number of amidine groups is 1. The van der Waals surface area contributed by atoms with Gasteiger partial charge in [-0.2, -0.15) is 5.11 Å². The Bertz CT molecular complexity index is 3050. The van der Waals surface area contributed by atoms with Crippen molar-refractivity contribution in [2.45, 2.75) is 20.4 Å². The minimum atomic E-state index is -0.222. The quantitative estimate of drug-likeness (QED) is 0.0671. The second-order valence-electron chi connectivity index (χ2n) is 15.5. The Morgan fingerprint density at radius 1 is 0.655 bits per heavy atom. The van der Waals surface area contributed by atoms with Crippen LogP contribution in [-0.2, 0) is 6.54 Å². The smallest absolute Gasteiger partial charge is 0.177 e. The lowest BCUT2D eigenvalue weighted by molar-refractivity contribution is 0.298. The van der Waals surface area contributed by atoms with Gasteiger partial charge in [0.25, 0.3) is 0 Å². The third-order valence-electron chi connectivity index (χ3n) is 12.1. The molecular formula is C52H43N5Si. The summed E-state index contributed by atoms with van der Waals surface area (Å²) in [6, 6.07) is 52.3. The minimum Gasteiger partial charge on any atom is -0.312 e. The molecule has 2 heterocycles. The van der Waals surface area contributed by atoms with Crippen LogP contribution in [0.15, 0.2) is 202 Å². The van der Waals surface area contributed by atoms with Crippen molar-refractivity contribution in [3.63, 3.8) is 0 Å². The van der Waals surface area contributed by atoms with E-state index in [9.17, 15) is 0 Å². The van der Waals surface area contributed by atoms with Crippen molar-refractivity contribution in [1.29, 1.82) is 0 Å². The van der Waals surface area contributed by atoms with Gasteiger partial charge in [-0.1, -0.05) is 164 Å². The van der Waals surface area contributed by atoms with E-state index in [1.807, 2.05) is 30.3 Å². The van der Waals surface area contributed by atoms with Crippen LogP contribution in [0.5, 0.6) is 0 Å². The van der Waals surface area contributed by atoms with Crippen molar-refractivity contribution >= 4 is 69.9 Å². The molecule has 0 amide bonds. The third kappa shape index (κ3) is 5.95. The molecule has 3 unspecified atom stereocenters. The summed E-state index contributed by atoms with van der Waals surface area (Å²) in [6.45, 7) is 5.29. The molecule has 58 heavy (non-hydrogen) atoms. The van der Waals surface area contributed by atoms with Crippen LogP contribution in [0, 0.1) is 17.3 Å². The van der Waals surface area contributed by atoms with E-state index < -0.39 is 0 Å². The zero-order chi connectivity index (χ0) is 39.2. The molecule has 3 atom stereocenters. The van der Waals surface area contributed by atoms with Gasteiger partial charge in [0.1, 0.15) is 9.52 Å². The summed E-state index contributed by atoms with van der Waals surface area (Å²) in [5.74, 6) is 1.22. The fourth-order valence-corrected chi connectivity index (χ4v) is 10.6. The Morgan fingerprint density at radius 2 is 1.33 bits per heavy atom. The number of hydrogen-bond acceptors (Lipinski definition) is 2. The summed E-state index contributed by atoms with van der Waals surface area (Å²) in [5, 5.41) is 16.2. The molecule has 10 rings (SSSR count). The lowest BCUT2D eigenvalue weighted by Gasteiger charge is -2.46. The largest absolute Gasteiger partial charge is 0.312 e. The van der Waals surface area contributed by atoms with Crippen LogP contribution in [0.3, 0.4) is 0 Å². The third-order valence-corrected chi connectivity index (χ3v) is 13.4. The molecule has 2 radical (unpaired) electrons. The standard InChI is InChI=1S/C52H43N5Si/c1-35-16-14-27-50(52(35)29-28-41(30-36(52)2)58-40-21-8-5-9-22-40)57-47-26-13-11-24-43(47)45-32-44-42-23-10-12-25-46(42)56(48(44)33-49(45)57)39-20-15-17-37(31-39)34-54-51(55-53-3)38-18-6-4-7-19-38/h4-33,35-36H,34H2,1-3H3. The topological polar surface area (TPSA) is 46.9 Å². The van der Waals surface area contributed by atoms with Gasteiger partial charge >= 0.3 is 0 Å². The van der Waals surface area contributed by atoms with Crippen LogP contribution >= 0.6 is 0 Å². The Kier molecular flexibility index (Phi) is 9.07. The Labute approximate surface area is 341 Å². The Morgan fingerprint density at radius 3 is 2.05 bits per heavy atom. The highest BCUT2D eigenvalue weighted by Gasteiger charge is 2.45. The highest BCUT2D eigenvalue weighted by atomic mass is 28.2. The summed E-state index contributed by atoms with van der Waals surface area (Å²) < 4.78 is 5.00. The van der Waals surface area contributed by atoms with Gasteiger partial charge in [0.05, 0.1) is 28.6 Å². The highest BCUT2D eigenvalue weighted by Crippen LogP contribution is 2.54. The lowest BCUT2D eigenvalue weighted by atomic mass is 9.62. The van der Waals surface area contributed by atoms with Gasteiger partial charge in [-0.25, -0.2) is 0 Å². The number of nitrogens with zero attached hydrogens (tertiary/aromatic N) is 5. The predicted molar refractivity (Wildman–Crippen MR) is 244 cm³/mol. The fourth-order valence-electron chi connectivity index (χ4n) is 9.41. The molecule has 2 aliphatic rings. The maximum absolute atomic E-state index is 4.93. The number of hydrogen-bond donors (Lipinski definition) is 0. The first-order valence-electron chi connectivity index (χ1n) is 20.1. The molecule has 0 saturated heterocycles. The SMILES string of the molecule is CN=NC(=NCc1cccc(-n2c3ccccc3c3cc4c5ccccc5n(C5=CC=CC(C)C56C=CC([Si]c5ccccc5)=CC6C)c4cc32)c1)c1ccccc1. The van der Waals surface area contributed by atoms with Crippen LogP contribution in [-0.4, -0.2) is 31.5 Å². The van der Waals surface area contributed by atoms with Gasteiger partial charge < -0.3 is 9.13 Å². The number of fused-ring (bicyclic) bond motifs is 6. The lowest BCUT2D eigenvalue weighted by Crippen LogP contribution is -2.39. The summed E-state index contributed by atoms with van der Waals surface area (Å²) in [6.07, 6.45) is 14.5. The van der Waals surface area contributed by atoms with Crippen LogP contribution in [0.4, 0.5) is 0 Å². The number of benzene rings is 6. The van der Waals surface area contributed by atoms with E-state index in [-0.39, 0.29) is 11.3 Å². The maximum Gasteiger partial charge on any atom is 0.177 e. The molecule has 0 bridgehead atoms. The molecule has 5 nitrogen and oxygen atoms in total. The average molecular weight is 766 g/mol. The van der Waals surface area contributed by atoms with Gasteiger partial charge in [0, 0.05) is 51.0 Å². The van der Waals surface area contributed by atoms with E-state index in [1.165, 1.54) is 59.7 Å². The molecule has 0 fully saturated rings. The number of aromatic nitrogens is 2. The summed E-state index contributed by atoms with van der Waals surface area (Å²) in [5.41, 5.74) is 9.05. The van der Waals surface area contributed by atoms with E-state index in [0.717, 1.165) is 16.8 Å². The molecule has 280 valence electrons. The van der Waals surface area contributed by atoms with E-state index in [2.05, 4.69) is 185 Å². The number of aliphatic imine (C=N–C) groups is 1. The van der Waals surface area contributed by atoms with Crippen molar-refractivity contribution in [2.75, 3.05) is 7.05 Å². The molecule has 6 aromatic carbocycles. The average Bonchev–Trinajstić information content (AvgIpc) is 3.76. The molecule has 0 aliphatic heterocycles. The van der Waals surface area contributed by atoms with Crippen LogP contribution in [0.1, 0.15) is 25.0 Å². The molecule has 2 aromatic heterocycles. The van der Waals surface area contributed by atoms with Crippen LogP contribution < -0.4 is 5.19 Å². The molecule has 2 aliphatic carbocycles. The normalized spacial score (nSPS) is 19.6. The highest BCUT2D eigenvalue weighted by molar-refractivity contribution is 6.61. The summed E-state index contributed by atoms with van der Waals surface area (Å²) in [4.78, 5) is 4.93. The van der Waals surface area contributed by atoms with E-state index in [4.69, 9.17) is 4.99 Å². The van der Waals surface area contributed by atoms with Crippen LogP contribution in [0.2, 0.25) is 0 Å². The monoisotopic (exact) mass is 765 g/mol. The molecule has 1 spiro atoms. The van der Waals surface area contributed by atoms with Crippen molar-refractivity contribution in [3.05, 3.63) is 198 Å².